The highest BCUT2D eigenvalue weighted by Crippen LogP contribution is 2.54. The van der Waals surface area contributed by atoms with Crippen molar-refractivity contribution in [1.82, 2.24) is 4.90 Å². The number of ketones is 1. The summed E-state index contributed by atoms with van der Waals surface area (Å²) in [5.41, 5.74) is 0.574. The van der Waals surface area contributed by atoms with Gasteiger partial charge in [-0.1, -0.05) is 12.5 Å². The Morgan fingerprint density at radius 3 is 2.63 bits per heavy atom. The quantitative estimate of drug-likeness (QED) is 0.454. The number of carbonyl (C=O) groups excluding carboxylic acids is 2. The first-order valence-corrected chi connectivity index (χ1v) is 13.6. The number of amides is 1. The van der Waals surface area contributed by atoms with Crippen LogP contribution in [0.25, 0.3) is 0 Å². The zero-order valence-corrected chi connectivity index (χ0v) is 21.3. The van der Waals surface area contributed by atoms with E-state index in [1.165, 1.54) is 18.9 Å². The number of carbonyl (C=O) groups is 2. The summed E-state index contributed by atoms with van der Waals surface area (Å²) in [7, 11) is 0. The zero-order chi connectivity index (χ0) is 25.0. The van der Waals surface area contributed by atoms with Crippen LogP contribution in [0.3, 0.4) is 0 Å². The van der Waals surface area contributed by atoms with Gasteiger partial charge >= 0.3 is 6.09 Å². The Hall–Kier alpha value is -1.73. The Balaban J connectivity index is 1.10. The smallest absolute Gasteiger partial charge is 0.410 e. The maximum absolute atomic E-state index is 14.6. The van der Waals surface area contributed by atoms with Crippen molar-refractivity contribution in [2.45, 2.75) is 103 Å². The summed E-state index contributed by atoms with van der Waals surface area (Å²) in [5, 5.41) is 9.83. The second kappa shape index (κ2) is 11.5. The molecule has 1 saturated heterocycles. The molecule has 2 saturated carbocycles. The van der Waals surface area contributed by atoms with E-state index in [-0.39, 0.29) is 35.6 Å². The SMILES string of the molecule is CC(C)OC(=O)N1CCC2(CC1)CC(CCCOC1C=C(F)C(C(=O)C3CCCC(O)C3)=CC1)C2. The molecule has 0 aromatic heterocycles. The molecule has 3 aliphatic carbocycles. The fourth-order valence-corrected chi connectivity index (χ4v) is 6.43. The third-order valence-electron chi connectivity index (χ3n) is 8.38. The van der Waals surface area contributed by atoms with Crippen LogP contribution in [0.5, 0.6) is 0 Å². The molecule has 7 heteroatoms. The number of piperidine rings is 1. The van der Waals surface area contributed by atoms with E-state index in [1.54, 1.807) is 6.08 Å². The van der Waals surface area contributed by atoms with Crippen LogP contribution in [0, 0.1) is 17.3 Å². The molecule has 35 heavy (non-hydrogen) atoms. The number of likely N-dealkylation sites (tertiary alicyclic amines) is 1. The number of nitrogens with zero attached hydrogens (tertiary/aromatic N) is 1. The lowest BCUT2D eigenvalue weighted by Crippen LogP contribution is -2.49. The molecule has 196 valence electrons. The van der Waals surface area contributed by atoms with E-state index >= 15 is 0 Å². The topological polar surface area (TPSA) is 76.1 Å². The predicted molar refractivity (Wildman–Crippen MR) is 131 cm³/mol. The molecule has 3 atom stereocenters. The van der Waals surface area contributed by atoms with Gasteiger partial charge in [-0.05, 0) is 95.5 Å². The molecule has 1 amide bonds. The summed E-state index contributed by atoms with van der Waals surface area (Å²) in [6, 6.07) is 0. The highest BCUT2D eigenvalue weighted by molar-refractivity contribution is 6.00. The largest absolute Gasteiger partial charge is 0.447 e. The molecule has 4 aliphatic rings. The molecule has 4 rings (SSSR count). The number of allylic oxidation sites excluding steroid dienone is 2. The van der Waals surface area contributed by atoms with Crippen molar-refractivity contribution in [2.24, 2.45) is 17.3 Å². The van der Waals surface area contributed by atoms with Crippen molar-refractivity contribution in [3.8, 4) is 0 Å². The number of Topliss-reactive ketones (excluding diaryl/α,β-unsaturated/α-hetero) is 1. The number of aliphatic hydroxyl groups excluding tert-OH is 1. The molecule has 1 aliphatic heterocycles. The normalized spacial score (nSPS) is 28.9. The van der Waals surface area contributed by atoms with Crippen molar-refractivity contribution >= 4 is 11.9 Å². The second-order valence-corrected chi connectivity index (χ2v) is 11.5. The molecule has 1 N–H and O–H groups in total. The highest BCUT2D eigenvalue weighted by Gasteiger charge is 2.46. The van der Waals surface area contributed by atoms with E-state index in [4.69, 9.17) is 9.47 Å². The van der Waals surface area contributed by atoms with Gasteiger partial charge in [0, 0.05) is 31.2 Å². The van der Waals surface area contributed by atoms with Gasteiger partial charge in [0.15, 0.2) is 5.78 Å². The Morgan fingerprint density at radius 2 is 1.97 bits per heavy atom. The Morgan fingerprint density at radius 1 is 1.23 bits per heavy atom. The van der Waals surface area contributed by atoms with Crippen LogP contribution >= 0.6 is 0 Å². The lowest BCUT2D eigenvalue weighted by atomic mass is 9.56. The molecule has 0 aromatic carbocycles. The van der Waals surface area contributed by atoms with E-state index in [1.807, 2.05) is 18.7 Å². The number of aliphatic hydroxyl groups is 1. The van der Waals surface area contributed by atoms with Crippen LogP contribution in [-0.4, -0.2) is 59.9 Å². The molecule has 1 spiro atoms. The van der Waals surface area contributed by atoms with Crippen LogP contribution < -0.4 is 0 Å². The summed E-state index contributed by atoms with van der Waals surface area (Å²) in [5.74, 6) is -0.205. The monoisotopic (exact) mass is 491 g/mol. The van der Waals surface area contributed by atoms with Gasteiger partial charge in [0.25, 0.3) is 0 Å². The standard InChI is InChI=1S/C28H42FNO5/c1-19(2)35-27(33)30-12-10-28(11-13-30)17-20(18-28)5-4-14-34-23-8-9-24(25(29)16-23)26(32)21-6-3-7-22(31)15-21/h9,16,19-23,31H,3-8,10-15,17-18H2,1-2H3. The van der Waals surface area contributed by atoms with Crippen molar-refractivity contribution in [1.29, 1.82) is 0 Å². The molecule has 0 aromatic rings. The molecular formula is C28H42FNO5. The van der Waals surface area contributed by atoms with E-state index in [9.17, 15) is 19.1 Å². The first-order valence-electron chi connectivity index (χ1n) is 13.6. The van der Waals surface area contributed by atoms with E-state index in [2.05, 4.69) is 0 Å². The van der Waals surface area contributed by atoms with Gasteiger partial charge in [-0.25, -0.2) is 9.18 Å². The summed E-state index contributed by atoms with van der Waals surface area (Å²) in [4.78, 5) is 26.6. The van der Waals surface area contributed by atoms with Gasteiger partial charge in [-0.2, -0.15) is 0 Å². The maximum atomic E-state index is 14.6. The lowest BCUT2D eigenvalue weighted by molar-refractivity contribution is -0.121. The van der Waals surface area contributed by atoms with Crippen molar-refractivity contribution < 1.29 is 28.6 Å². The van der Waals surface area contributed by atoms with E-state index in [0.29, 0.717) is 30.8 Å². The predicted octanol–water partition coefficient (Wildman–Crippen LogP) is 5.49. The second-order valence-electron chi connectivity index (χ2n) is 11.5. The average Bonchev–Trinajstić information content (AvgIpc) is 2.80. The number of ether oxygens (including phenoxy) is 2. The Labute approximate surface area is 208 Å². The zero-order valence-electron chi connectivity index (χ0n) is 21.3. The summed E-state index contributed by atoms with van der Waals surface area (Å²) >= 11 is 0. The number of halogens is 1. The fourth-order valence-electron chi connectivity index (χ4n) is 6.43. The van der Waals surface area contributed by atoms with Crippen molar-refractivity contribution in [3.05, 3.63) is 23.6 Å². The van der Waals surface area contributed by atoms with Crippen molar-refractivity contribution in [2.75, 3.05) is 19.7 Å². The molecule has 6 nitrogen and oxygen atoms in total. The minimum absolute atomic E-state index is 0.0774. The molecule has 3 fully saturated rings. The van der Waals surface area contributed by atoms with Crippen LogP contribution in [0.4, 0.5) is 9.18 Å². The summed E-state index contributed by atoms with van der Waals surface area (Å²) < 4.78 is 25.9. The van der Waals surface area contributed by atoms with Gasteiger partial charge in [0.1, 0.15) is 5.83 Å². The van der Waals surface area contributed by atoms with Gasteiger partial charge < -0.3 is 19.5 Å². The minimum atomic E-state index is -0.476. The van der Waals surface area contributed by atoms with Crippen molar-refractivity contribution in [3.63, 3.8) is 0 Å². The third-order valence-corrected chi connectivity index (χ3v) is 8.38. The maximum Gasteiger partial charge on any atom is 0.410 e. The van der Waals surface area contributed by atoms with Crippen LogP contribution in [0.15, 0.2) is 23.6 Å². The summed E-state index contributed by atoms with van der Waals surface area (Å²) in [6.45, 7) is 5.94. The molecule has 1 heterocycles. The van der Waals surface area contributed by atoms with Gasteiger partial charge in [0.05, 0.1) is 18.3 Å². The number of hydrogen-bond acceptors (Lipinski definition) is 5. The van der Waals surface area contributed by atoms with Crippen LogP contribution in [0.2, 0.25) is 0 Å². The first-order chi connectivity index (χ1) is 16.7. The van der Waals surface area contributed by atoms with E-state index in [0.717, 1.165) is 58.0 Å². The molecule has 0 bridgehead atoms. The molecule has 3 unspecified atom stereocenters. The Bertz CT molecular complexity index is 821. The lowest BCUT2D eigenvalue weighted by Gasteiger charge is -2.52. The number of rotatable bonds is 8. The molecule has 0 radical (unpaired) electrons. The number of hydrogen-bond donors (Lipinski definition) is 1. The minimum Gasteiger partial charge on any atom is -0.447 e. The van der Waals surface area contributed by atoms with Gasteiger partial charge in [0.2, 0.25) is 0 Å². The van der Waals surface area contributed by atoms with Crippen LogP contribution in [-0.2, 0) is 14.3 Å². The average molecular weight is 492 g/mol. The summed E-state index contributed by atoms with van der Waals surface area (Å²) in [6.07, 6.45) is 12.0. The highest BCUT2D eigenvalue weighted by atomic mass is 19.1. The van der Waals surface area contributed by atoms with E-state index < -0.39 is 11.9 Å². The molecular weight excluding hydrogens is 449 g/mol. The first kappa shape index (κ1) is 26.3. The Kier molecular flexibility index (Phi) is 8.69. The fraction of sp³-hybridized carbons (Fsp3) is 0.786. The van der Waals surface area contributed by atoms with Gasteiger partial charge in [-0.15, -0.1) is 0 Å². The van der Waals surface area contributed by atoms with Gasteiger partial charge in [-0.3, -0.25) is 4.79 Å². The van der Waals surface area contributed by atoms with Crippen LogP contribution in [0.1, 0.15) is 84.5 Å². The third kappa shape index (κ3) is 6.73.